The van der Waals surface area contributed by atoms with Crippen LogP contribution in [0.2, 0.25) is 0 Å². The minimum Gasteiger partial charge on any atom is -0.496 e. The Kier molecular flexibility index (Phi) is 6.12. The molecule has 0 spiro atoms. The molecule has 0 bridgehead atoms. The minimum absolute atomic E-state index is 0.208. The molecule has 5 heteroatoms. The number of anilines is 2. The number of rotatable bonds is 5. The molecule has 6 rings (SSSR count). The standard InChI is InChI=1S/C34H28N2O3/c1-22-13-17-26(18-14-22)35-31(24-9-5-4-6-10-24)30-28(21-25-11-7-8-12-29(25)39-3)33(37)36(32(30)34(35)38)27-19-15-23(2)16-20-27/h4-21,31H,1-3H3. The number of hydrogen-bond donors (Lipinski definition) is 0. The van der Waals surface area contributed by atoms with Gasteiger partial charge in [-0.15, -0.1) is 0 Å². The predicted octanol–water partition coefficient (Wildman–Crippen LogP) is 6.78. The molecule has 2 aliphatic heterocycles. The van der Waals surface area contributed by atoms with Gasteiger partial charge in [-0.05, 0) is 55.8 Å². The molecule has 39 heavy (non-hydrogen) atoms. The van der Waals surface area contributed by atoms with Crippen molar-refractivity contribution in [2.45, 2.75) is 19.9 Å². The maximum Gasteiger partial charge on any atom is 0.276 e. The monoisotopic (exact) mass is 512 g/mol. The van der Waals surface area contributed by atoms with E-state index in [4.69, 9.17) is 4.74 Å². The normalized spacial score (nSPS) is 17.8. The van der Waals surface area contributed by atoms with Crippen LogP contribution in [0, 0.1) is 13.8 Å². The van der Waals surface area contributed by atoms with E-state index in [9.17, 15) is 9.59 Å². The SMILES string of the molecule is COc1ccccc1C=C1C(=O)N(c2ccc(C)cc2)C2=C1C(c1ccccc1)N(c1ccc(C)cc1)C2=O. The number of amides is 2. The van der Waals surface area contributed by atoms with Crippen LogP contribution in [0.4, 0.5) is 11.4 Å². The van der Waals surface area contributed by atoms with Gasteiger partial charge in [0.2, 0.25) is 0 Å². The van der Waals surface area contributed by atoms with Crippen LogP contribution in [0.1, 0.15) is 28.3 Å². The fourth-order valence-electron chi connectivity index (χ4n) is 5.38. The first-order chi connectivity index (χ1) is 19.0. The minimum atomic E-state index is -0.475. The van der Waals surface area contributed by atoms with Gasteiger partial charge in [-0.3, -0.25) is 19.4 Å². The highest BCUT2D eigenvalue weighted by Crippen LogP contribution is 2.51. The molecule has 2 aliphatic rings. The summed E-state index contributed by atoms with van der Waals surface area (Å²) in [7, 11) is 1.61. The second kappa shape index (κ2) is 9.76. The Morgan fingerprint density at radius 1 is 0.692 bits per heavy atom. The Morgan fingerprint density at radius 2 is 1.28 bits per heavy atom. The maximum atomic E-state index is 14.4. The summed E-state index contributed by atoms with van der Waals surface area (Å²) in [4.78, 5) is 32.0. The third kappa shape index (κ3) is 4.12. The molecule has 192 valence electrons. The van der Waals surface area contributed by atoms with E-state index in [2.05, 4.69) is 0 Å². The van der Waals surface area contributed by atoms with Crippen molar-refractivity contribution in [1.82, 2.24) is 0 Å². The lowest BCUT2D eigenvalue weighted by Crippen LogP contribution is -2.38. The van der Waals surface area contributed by atoms with Gasteiger partial charge in [0, 0.05) is 28.1 Å². The maximum absolute atomic E-state index is 14.4. The van der Waals surface area contributed by atoms with Crippen LogP contribution < -0.4 is 14.5 Å². The average Bonchev–Trinajstić information content (AvgIpc) is 3.41. The fourth-order valence-corrected chi connectivity index (χ4v) is 5.38. The van der Waals surface area contributed by atoms with Crippen molar-refractivity contribution >= 4 is 29.3 Å². The van der Waals surface area contributed by atoms with Gasteiger partial charge in [-0.25, -0.2) is 0 Å². The van der Waals surface area contributed by atoms with E-state index >= 15 is 0 Å². The van der Waals surface area contributed by atoms with Crippen LogP contribution in [0.5, 0.6) is 5.75 Å². The van der Waals surface area contributed by atoms with Crippen LogP contribution >= 0.6 is 0 Å². The van der Waals surface area contributed by atoms with Crippen LogP contribution in [0.25, 0.3) is 6.08 Å². The van der Waals surface area contributed by atoms with Gasteiger partial charge in [0.1, 0.15) is 11.4 Å². The number of carbonyl (C=O) groups is 2. The smallest absolute Gasteiger partial charge is 0.276 e. The van der Waals surface area contributed by atoms with Gasteiger partial charge >= 0.3 is 0 Å². The Bertz CT molecular complexity index is 1630. The van der Waals surface area contributed by atoms with Crippen LogP contribution in [0.15, 0.2) is 120 Å². The molecule has 5 nitrogen and oxygen atoms in total. The lowest BCUT2D eigenvalue weighted by molar-refractivity contribution is -0.118. The summed E-state index contributed by atoms with van der Waals surface area (Å²) < 4.78 is 5.60. The van der Waals surface area contributed by atoms with Crippen LogP contribution in [0.3, 0.4) is 0 Å². The third-order valence-corrected chi connectivity index (χ3v) is 7.31. The molecule has 2 heterocycles. The first kappa shape index (κ1) is 24.4. The molecule has 0 radical (unpaired) electrons. The topological polar surface area (TPSA) is 49.9 Å². The van der Waals surface area contributed by atoms with Crippen LogP contribution in [-0.2, 0) is 9.59 Å². The number of methoxy groups -OCH3 is 1. The lowest BCUT2D eigenvalue weighted by atomic mass is 9.92. The molecule has 0 fully saturated rings. The zero-order valence-electron chi connectivity index (χ0n) is 22.1. The van der Waals surface area contributed by atoms with Gasteiger partial charge in [0.15, 0.2) is 0 Å². The lowest BCUT2D eigenvalue weighted by Gasteiger charge is -2.30. The Balaban J connectivity index is 1.62. The number of carbonyl (C=O) groups excluding carboxylic acids is 2. The molecule has 0 N–H and O–H groups in total. The van der Waals surface area contributed by atoms with Crippen molar-refractivity contribution in [2.75, 3.05) is 16.9 Å². The summed E-state index contributed by atoms with van der Waals surface area (Å²) in [6.07, 6.45) is 1.85. The zero-order valence-corrected chi connectivity index (χ0v) is 22.1. The third-order valence-electron chi connectivity index (χ3n) is 7.31. The highest BCUT2D eigenvalue weighted by Gasteiger charge is 2.52. The molecular formula is C34H28N2O3. The fraction of sp³-hybridized carbons (Fsp3) is 0.118. The number of ether oxygens (including phenoxy) is 1. The van der Waals surface area contributed by atoms with E-state index in [0.717, 1.165) is 27.9 Å². The van der Waals surface area contributed by atoms with Crippen molar-refractivity contribution in [3.05, 3.63) is 142 Å². The van der Waals surface area contributed by atoms with E-state index in [0.29, 0.717) is 28.3 Å². The quantitative estimate of drug-likeness (QED) is 0.277. The number of hydrogen-bond acceptors (Lipinski definition) is 3. The van der Waals surface area contributed by atoms with Crippen molar-refractivity contribution in [2.24, 2.45) is 0 Å². The molecule has 0 aliphatic carbocycles. The Labute approximate surface area is 228 Å². The number of aryl methyl sites for hydroxylation is 2. The van der Waals surface area contributed by atoms with Gasteiger partial charge in [-0.2, -0.15) is 0 Å². The average molecular weight is 513 g/mol. The predicted molar refractivity (Wildman–Crippen MR) is 155 cm³/mol. The highest BCUT2D eigenvalue weighted by atomic mass is 16.5. The van der Waals surface area contributed by atoms with Gasteiger partial charge in [-0.1, -0.05) is 83.9 Å². The molecule has 0 saturated heterocycles. The largest absolute Gasteiger partial charge is 0.496 e. The first-order valence-corrected chi connectivity index (χ1v) is 12.9. The second-order valence-corrected chi connectivity index (χ2v) is 9.86. The highest BCUT2D eigenvalue weighted by molar-refractivity contribution is 6.29. The summed E-state index contributed by atoms with van der Waals surface area (Å²) in [5.74, 6) is 0.220. The van der Waals surface area contributed by atoms with E-state index in [1.165, 1.54) is 0 Å². The van der Waals surface area contributed by atoms with Crippen molar-refractivity contribution < 1.29 is 14.3 Å². The Morgan fingerprint density at radius 3 is 1.92 bits per heavy atom. The van der Waals surface area contributed by atoms with Gasteiger partial charge in [0.05, 0.1) is 13.2 Å². The first-order valence-electron chi connectivity index (χ1n) is 12.9. The molecule has 0 saturated carbocycles. The van der Waals surface area contributed by atoms with E-state index in [1.807, 2.05) is 128 Å². The molecule has 4 aromatic rings. The molecule has 1 atom stereocenters. The number of nitrogens with zero attached hydrogens (tertiary/aromatic N) is 2. The number of para-hydroxylation sites is 1. The molecule has 2 amide bonds. The van der Waals surface area contributed by atoms with Gasteiger partial charge in [0.25, 0.3) is 11.8 Å². The number of benzene rings is 4. The summed E-state index contributed by atoms with van der Waals surface area (Å²) in [5, 5.41) is 0. The summed E-state index contributed by atoms with van der Waals surface area (Å²) in [6.45, 7) is 4.02. The van der Waals surface area contributed by atoms with E-state index < -0.39 is 6.04 Å². The van der Waals surface area contributed by atoms with Crippen LogP contribution in [-0.4, -0.2) is 18.9 Å². The summed E-state index contributed by atoms with van der Waals surface area (Å²) in [5.41, 5.74) is 6.89. The van der Waals surface area contributed by atoms with Crippen molar-refractivity contribution in [3.8, 4) is 5.75 Å². The Hall–Kier alpha value is -4.90. The van der Waals surface area contributed by atoms with E-state index in [-0.39, 0.29) is 11.8 Å². The summed E-state index contributed by atoms with van der Waals surface area (Å²) in [6, 6.07) is 32.6. The van der Waals surface area contributed by atoms with E-state index in [1.54, 1.807) is 12.0 Å². The molecular weight excluding hydrogens is 484 g/mol. The molecule has 1 unspecified atom stereocenters. The summed E-state index contributed by atoms with van der Waals surface area (Å²) >= 11 is 0. The zero-order chi connectivity index (χ0) is 27.1. The van der Waals surface area contributed by atoms with Gasteiger partial charge < -0.3 is 4.74 Å². The second-order valence-electron chi connectivity index (χ2n) is 9.86. The van der Waals surface area contributed by atoms with Crippen molar-refractivity contribution in [3.63, 3.8) is 0 Å². The molecule has 4 aromatic carbocycles. The van der Waals surface area contributed by atoms with Crippen molar-refractivity contribution in [1.29, 1.82) is 0 Å². The molecule has 0 aromatic heterocycles.